The van der Waals surface area contributed by atoms with Gasteiger partial charge < -0.3 is 20.9 Å². The molecule has 1 atom stereocenters. The molecule has 0 aliphatic carbocycles. The lowest BCUT2D eigenvalue weighted by Crippen LogP contribution is -2.31. The highest BCUT2D eigenvalue weighted by atomic mass is 16.5. The number of methoxy groups -OCH3 is 2. The van der Waals surface area contributed by atoms with Crippen molar-refractivity contribution in [2.24, 2.45) is 17.4 Å². The summed E-state index contributed by atoms with van der Waals surface area (Å²) in [6, 6.07) is 5.43. The van der Waals surface area contributed by atoms with E-state index in [1.807, 2.05) is 12.1 Å². The van der Waals surface area contributed by atoms with Gasteiger partial charge in [0.1, 0.15) is 11.5 Å². The Morgan fingerprint density at radius 1 is 1.35 bits per heavy atom. The van der Waals surface area contributed by atoms with Gasteiger partial charge in [-0.15, -0.1) is 0 Å². The molecule has 5 heteroatoms. The third-order valence-corrected chi connectivity index (χ3v) is 2.65. The molecular weight excluding hydrogens is 220 g/mol. The van der Waals surface area contributed by atoms with E-state index in [2.05, 4.69) is 0 Å². The molecule has 94 valence electrons. The molecule has 0 aliphatic heterocycles. The summed E-state index contributed by atoms with van der Waals surface area (Å²) in [5.74, 6) is 0.598. The second kappa shape index (κ2) is 6.10. The summed E-state index contributed by atoms with van der Waals surface area (Å²) in [7, 11) is 3.15. The van der Waals surface area contributed by atoms with Crippen LogP contribution in [0.3, 0.4) is 0 Å². The first kappa shape index (κ1) is 13.3. The van der Waals surface area contributed by atoms with Gasteiger partial charge in [-0.25, -0.2) is 0 Å². The number of benzene rings is 1. The average molecular weight is 238 g/mol. The zero-order chi connectivity index (χ0) is 12.8. The van der Waals surface area contributed by atoms with E-state index < -0.39 is 5.91 Å². The number of hydrogen-bond acceptors (Lipinski definition) is 4. The molecule has 0 saturated carbocycles. The average Bonchev–Trinajstić information content (AvgIpc) is 2.35. The van der Waals surface area contributed by atoms with E-state index in [4.69, 9.17) is 20.9 Å². The number of hydrogen-bond donors (Lipinski definition) is 2. The number of carbonyl (C=O) groups is 1. The zero-order valence-electron chi connectivity index (χ0n) is 10.1. The lowest BCUT2D eigenvalue weighted by molar-refractivity contribution is -0.121. The van der Waals surface area contributed by atoms with E-state index in [1.54, 1.807) is 20.3 Å². The van der Waals surface area contributed by atoms with Crippen LogP contribution in [0.4, 0.5) is 0 Å². The molecule has 0 radical (unpaired) electrons. The highest BCUT2D eigenvalue weighted by molar-refractivity contribution is 5.77. The first-order valence-electron chi connectivity index (χ1n) is 5.32. The summed E-state index contributed by atoms with van der Waals surface area (Å²) < 4.78 is 10.3. The van der Waals surface area contributed by atoms with Crippen molar-refractivity contribution in [1.82, 2.24) is 0 Å². The molecule has 1 aromatic carbocycles. The third kappa shape index (κ3) is 3.35. The summed E-state index contributed by atoms with van der Waals surface area (Å²) in [5.41, 5.74) is 11.7. The third-order valence-electron chi connectivity index (χ3n) is 2.65. The van der Waals surface area contributed by atoms with Crippen LogP contribution >= 0.6 is 0 Å². The van der Waals surface area contributed by atoms with Crippen LogP contribution in [0.15, 0.2) is 18.2 Å². The molecule has 1 amide bonds. The Bertz CT molecular complexity index is 393. The van der Waals surface area contributed by atoms with Crippen molar-refractivity contribution in [2.75, 3.05) is 20.8 Å². The summed E-state index contributed by atoms with van der Waals surface area (Å²) in [6.45, 7) is 0.227. The second-order valence-electron chi connectivity index (χ2n) is 3.72. The molecule has 0 saturated heterocycles. The summed E-state index contributed by atoms with van der Waals surface area (Å²) in [5, 5.41) is 0. The zero-order valence-corrected chi connectivity index (χ0v) is 10.1. The monoisotopic (exact) mass is 238 g/mol. The van der Waals surface area contributed by atoms with Gasteiger partial charge in [-0.2, -0.15) is 0 Å². The van der Waals surface area contributed by atoms with Crippen molar-refractivity contribution in [2.45, 2.75) is 6.42 Å². The second-order valence-corrected chi connectivity index (χ2v) is 3.72. The minimum absolute atomic E-state index is 0.227. The molecule has 0 fully saturated rings. The summed E-state index contributed by atoms with van der Waals surface area (Å²) in [4.78, 5) is 11.1. The van der Waals surface area contributed by atoms with Crippen LogP contribution in [0, 0.1) is 5.92 Å². The van der Waals surface area contributed by atoms with Gasteiger partial charge in [0, 0.05) is 12.6 Å². The van der Waals surface area contributed by atoms with Crippen LogP contribution < -0.4 is 20.9 Å². The van der Waals surface area contributed by atoms with E-state index in [-0.39, 0.29) is 12.5 Å². The topological polar surface area (TPSA) is 87.6 Å². The Kier molecular flexibility index (Phi) is 4.78. The predicted octanol–water partition coefficient (Wildman–Crippen LogP) is 0.306. The van der Waals surface area contributed by atoms with E-state index in [0.29, 0.717) is 17.9 Å². The van der Waals surface area contributed by atoms with Crippen LogP contribution in [-0.2, 0) is 11.2 Å². The molecular formula is C12H18N2O3. The van der Waals surface area contributed by atoms with Gasteiger partial charge in [-0.3, -0.25) is 4.79 Å². The smallest absolute Gasteiger partial charge is 0.222 e. The Balaban J connectivity index is 2.93. The van der Waals surface area contributed by atoms with Crippen molar-refractivity contribution in [3.05, 3.63) is 23.8 Å². The van der Waals surface area contributed by atoms with Crippen LogP contribution in [0.1, 0.15) is 5.56 Å². The number of ether oxygens (including phenoxy) is 2. The molecule has 0 heterocycles. The van der Waals surface area contributed by atoms with Gasteiger partial charge in [0.2, 0.25) is 5.91 Å². The molecule has 4 N–H and O–H groups in total. The summed E-state index contributed by atoms with van der Waals surface area (Å²) >= 11 is 0. The Hall–Kier alpha value is -1.75. The molecule has 5 nitrogen and oxygen atoms in total. The van der Waals surface area contributed by atoms with E-state index in [1.165, 1.54) is 0 Å². The van der Waals surface area contributed by atoms with Crippen LogP contribution in [0.25, 0.3) is 0 Å². The van der Waals surface area contributed by atoms with Gasteiger partial charge in [0.05, 0.1) is 20.1 Å². The van der Waals surface area contributed by atoms with Gasteiger partial charge in [0.25, 0.3) is 0 Å². The lowest BCUT2D eigenvalue weighted by Gasteiger charge is -2.14. The maximum absolute atomic E-state index is 11.1. The predicted molar refractivity (Wildman–Crippen MR) is 65.0 cm³/mol. The van der Waals surface area contributed by atoms with E-state index in [0.717, 1.165) is 5.56 Å². The fraction of sp³-hybridized carbons (Fsp3) is 0.417. The van der Waals surface area contributed by atoms with E-state index >= 15 is 0 Å². The number of primary amides is 1. The van der Waals surface area contributed by atoms with Crippen LogP contribution in [-0.4, -0.2) is 26.7 Å². The molecule has 17 heavy (non-hydrogen) atoms. The van der Waals surface area contributed by atoms with Gasteiger partial charge >= 0.3 is 0 Å². The first-order valence-corrected chi connectivity index (χ1v) is 5.32. The SMILES string of the molecule is COc1ccc(CC(CN)C(N)=O)c(OC)c1. The first-order chi connectivity index (χ1) is 8.12. The van der Waals surface area contributed by atoms with Gasteiger partial charge in [0.15, 0.2) is 0 Å². The Morgan fingerprint density at radius 3 is 2.53 bits per heavy atom. The van der Waals surface area contributed by atoms with Crippen LogP contribution in [0.5, 0.6) is 11.5 Å². The highest BCUT2D eigenvalue weighted by Gasteiger charge is 2.16. The maximum Gasteiger partial charge on any atom is 0.222 e. The minimum atomic E-state index is -0.398. The number of carbonyl (C=O) groups excluding carboxylic acids is 1. The van der Waals surface area contributed by atoms with Crippen molar-refractivity contribution >= 4 is 5.91 Å². The van der Waals surface area contributed by atoms with Gasteiger partial charge in [-0.05, 0) is 18.1 Å². The van der Waals surface area contributed by atoms with Crippen molar-refractivity contribution in [1.29, 1.82) is 0 Å². The number of amides is 1. The number of rotatable bonds is 6. The standard InChI is InChI=1S/C12H18N2O3/c1-16-10-4-3-8(11(6-10)17-2)5-9(7-13)12(14)15/h3-4,6,9H,5,7,13H2,1-2H3,(H2,14,15). The van der Waals surface area contributed by atoms with E-state index in [9.17, 15) is 4.79 Å². The van der Waals surface area contributed by atoms with Crippen LogP contribution in [0.2, 0.25) is 0 Å². The molecule has 0 spiro atoms. The quantitative estimate of drug-likeness (QED) is 0.746. The van der Waals surface area contributed by atoms with Crippen molar-refractivity contribution < 1.29 is 14.3 Å². The molecule has 1 rings (SSSR count). The molecule has 0 aliphatic rings. The fourth-order valence-electron chi connectivity index (χ4n) is 1.59. The Labute approximate surface area is 101 Å². The lowest BCUT2D eigenvalue weighted by atomic mass is 9.98. The maximum atomic E-state index is 11.1. The number of nitrogens with two attached hydrogens (primary N) is 2. The molecule has 0 bridgehead atoms. The van der Waals surface area contributed by atoms with Gasteiger partial charge in [-0.1, -0.05) is 6.07 Å². The Morgan fingerprint density at radius 2 is 2.06 bits per heavy atom. The van der Waals surface area contributed by atoms with Crippen molar-refractivity contribution in [3.8, 4) is 11.5 Å². The molecule has 0 aromatic heterocycles. The minimum Gasteiger partial charge on any atom is -0.497 e. The largest absolute Gasteiger partial charge is 0.497 e. The summed E-state index contributed by atoms with van der Waals surface area (Å²) in [6.07, 6.45) is 0.471. The fourth-order valence-corrected chi connectivity index (χ4v) is 1.59. The highest BCUT2D eigenvalue weighted by Crippen LogP contribution is 2.26. The molecule has 1 aromatic rings. The molecule has 1 unspecified atom stereocenters. The normalized spacial score (nSPS) is 11.9. The van der Waals surface area contributed by atoms with Crippen molar-refractivity contribution in [3.63, 3.8) is 0 Å².